The number of ether oxygens (including phenoxy) is 1. The first-order valence-corrected chi connectivity index (χ1v) is 15.6. The summed E-state index contributed by atoms with van der Waals surface area (Å²) in [5.41, 5.74) is 4.04. The van der Waals surface area contributed by atoms with Crippen molar-refractivity contribution < 1.29 is 24.2 Å². The molecule has 2 aromatic carbocycles. The minimum atomic E-state index is -0.288. The number of aliphatic hydroxyl groups is 1. The average Bonchev–Trinajstić information content (AvgIpc) is 3.21. The van der Waals surface area contributed by atoms with E-state index in [4.69, 9.17) is 27.9 Å². The van der Waals surface area contributed by atoms with Gasteiger partial charge in [-0.2, -0.15) is 0 Å². The lowest BCUT2D eigenvalue weighted by molar-refractivity contribution is -0.153. The maximum atomic E-state index is 12.7. The van der Waals surface area contributed by atoms with Crippen LogP contribution in [0.5, 0.6) is 0 Å². The van der Waals surface area contributed by atoms with Crippen molar-refractivity contribution in [1.82, 2.24) is 0 Å². The first kappa shape index (κ1) is 31.3. The molecule has 0 radical (unpaired) electrons. The molecule has 3 aliphatic rings. The number of aliphatic hydroxyl groups excluding tert-OH is 1. The van der Waals surface area contributed by atoms with Gasteiger partial charge in [0.15, 0.2) is 5.78 Å². The second kappa shape index (κ2) is 14.0. The standard InChI is InChI=1S/C18H23ClO3.C16H17ClO2/c1-3-22-18(21)14-9-5-4-8-13(14)17(20)11-15-12(2)7-6-10-16(15)19;1-9-5-4-8-12(17)13(9)14-15(18)10-6-2-3-7-11(10)16(14)19/h6-7,10,13-14H,3-5,8-9,11H2,1-2H3;4-5,8,10-11,18H,2-3,6-7H2,1H3. The molecule has 4 atom stereocenters. The summed E-state index contributed by atoms with van der Waals surface area (Å²) in [5, 5.41) is 11.6. The number of carbonyl (C=O) groups is 3. The Morgan fingerprint density at radius 3 is 2.05 bits per heavy atom. The van der Waals surface area contributed by atoms with Crippen LogP contribution in [0, 0.1) is 37.5 Å². The van der Waals surface area contributed by atoms with Crippen LogP contribution in [0.2, 0.25) is 10.0 Å². The fourth-order valence-corrected chi connectivity index (χ4v) is 7.32. The number of carbonyl (C=O) groups excluding carboxylic acids is 3. The van der Waals surface area contributed by atoms with E-state index in [9.17, 15) is 19.5 Å². The molecular formula is C34H40Cl2O5. The summed E-state index contributed by atoms with van der Waals surface area (Å²) < 4.78 is 5.14. The van der Waals surface area contributed by atoms with Crippen LogP contribution in [0.3, 0.4) is 0 Å². The first-order valence-electron chi connectivity index (χ1n) is 14.8. The second-order valence-corrected chi connectivity index (χ2v) is 12.3. The molecule has 4 unspecified atom stereocenters. The Hall–Kier alpha value is -2.63. The topological polar surface area (TPSA) is 80.7 Å². The third kappa shape index (κ3) is 6.89. The molecule has 2 saturated carbocycles. The number of aryl methyl sites for hydroxylation is 2. The van der Waals surface area contributed by atoms with Crippen molar-refractivity contribution in [3.05, 3.63) is 74.5 Å². The van der Waals surface area contributed by atoms with E-state index in [1.54, 1.807) is 19.1 Å². The van der Waals surface area contributed by atoms with Gasteiger partial charge in [0.05, 0.1) is 18.1 Å². The largest absolute Gasteiger partial charge is 0.511 e. The van der Waals surface area contributed by atoms with Crippen LogP contribution in [-0.2, 0) is 25.5 Å². The highest BCUT2D eigenvalue weighted by molar-refractivity contribution is 6.36. The van der Waals surface area contributed by atoms with Crippen molar-refractivity contribution in [2.75, 3.05) is 6.61 Å². The zero-order chi connectivity index (χ0) is 29.7. The van der Waals surface area contributed by atoms with Crippen molar-refractivity contribution in [3.63, 3.8) is 0 Å². The van der Waals surface area contributed by atoms with E-state index in [0.29, 0.717) is 28.6 Å². The molecule has 2 aromatic rings. The highest BCUT2D eigenvalue weighted by Crippen LogP contribution is 2.47. The smallest absolute Gasteiger partial charge is 0.309 e. The van der Waals surface area contributed by atoms with Crippen LogP contribution in [0.1, 0.15) is 80.5 Å². The van der Waals surface area contributed by atoms with E-state index in [0.717, 1.165) is 73.6 Å². The molecule has 7 heteroatoms. The van der Waals surface area contributed by atoms with Gasteiger partial charge in [-0.25, -0.2) is 0 Å². The minimum Gasteiger partial charge on any atom is -0.511 e. The molecule has 0 spiro atoms. The van der Waals surface area contributed by atoms with Crippen molar-refractivity contribution in [3.8, 4) is 0 Å². The molecule has 0 saturated heterocycles. The van der Waals surface area contributed by atoms with Gasteiger partial charge in [-0.3, -0.25) is 14.4 Å². The second-order valence-electron chi connectivity index (χ2n) is 11.5. The van der Waals surface area contributed by atoms with Crippen LogP contribution in [0.4, 0.5) is 0 Å². The Morgan fingerprint density at radius 2 is 1.44 bits per heavy atom. The highest BCUT2D eigenvalue weighted by Gasteiger charge is 2.44. The average molecular weight is 600 g/mol. The molecule has 220 valence electrons. The summed E-state index contributed by atoms with van der Waals surface area (Å²) in [4.78, 5) is 37.4. The number of rotatable bonds is 6. The van der Waals surface area contributed by atoms with Crippen molar-refractivity contribution in [2.24, 2.45) is 23.7 Å². The number of Topliss-reactive ketones (excluding diaryl/α,β-unsaturated/α-hetero) is 2. The zero-order valence-electron chi connectivity index (χ0n) is 24.2. The quantitative estimate of drug-likeness (QED) is 0.337. The first-order chi connectivity index (χ1) is 19.6. The lowest BCUT2D eigenvalue weighted by Gasteiger charge is -2.29. The lowest BCUT2D eigenvalue weighted by atomic mass is 9.75. The predicted octanol–water partition coefficient (Wildman–Crippen LogP) is 8.44. The molecule has 0 aliphatic heterocycles. The Balaban J connectivity index is 0.000000191. The van der Waals surface area contributed by atoms with Crippen LogP contribution in [-0.4, -0.2) is 29.2 Å². The third-order valence-electron chi connectivity index (χ3n) is 8.90. The summed E-state index contributed by atoms with van der Waals surface area (Å²) in [5.74, 6) is -0.298. The molecule has 3 aliphatic carbocycles. The van der Waals surface area contributed by atoms with Gasteiger partial charge in [0.2, 0.25) is 0 Å². The minimum absolute atomic E-state index is 0.0203. The molecule has 41 heavy (non-hydrogen) atoms. The summed E-state index contributed by atoms with van der Waals surface area (Å²) in [6.07, 6.45) is 7.76. The zero-order valence-corrected chi connectivity index (χ0v) is 25.7. The van der Waals surface area contributed by atoms with E-state index in [1.807, 2.05) is 38.1 Å². The molecule has 0 amide bonds. The third-order valence-corrected chi connectivity index (χ3v) is 9.57. The number of halogens is 2. The maximum absolute atomic E-state index is 12.7. The fourth-order valence-electron chi connectivity index (χ4n) is 6.71. The number of benzene rings is 2. The summed E-state index contributed by atoms with van der Waals surface area (Å²) in [6, 6.07) is 11.2. The Kier molecular flexibility index (Phi) is 10.7. The molecule has 5 nitrogen and oxygen atoms in total. The maximum Gasteiger partial charge on any atom is 0.309 e. The van der Waals surface area contributed by atoms with Crippen LogP contribution < -0.4 is 0 Å². The number of fused-ring (bicyclic) bond motifs is 1. The van der Waals surface area contributed by atoms with E-state index >= 15 is 0 Å². The number of ketones is 2. The summed E-state index contributed by atoms with van der Waals surface area (Å²) in [7, 11) is 0. The van der Waals surface area contributed by atoms with E-state index in [2.05, 4.69) is 0 Å². The number of hydrogen-bond donors (Lipinski definition) is 1. The van der Waals surface area contributed by atoms with Crippen molar-refractivity contribution in [2.45, 2.75) is 78.6 Å². The highest BCUT2D eigenvalue weighted by atomic mass is 35.5. The van der Waals surface area contributed by atoms with E-state index < -0.39 is 0 Å². The number of esters is 1. The predicted molar refractivity (Wildman–Crippen MR) is 163 cm³/mol. The summed E-state index contributed by atoms with van der Waals surface area (Å²) >= 11 is 12.5. The van der Waals surface area contributed by atoms with Gasteiger partial charge < -0.3 is 9.84 Å². The van der Waals surface area contributed by atoms with Crippen molar-refractivity contribution in [1.29, 1.82) is 0 Å². The van der Waals surface area contributed by atoms with Gasteiger partial charge in [0.1, 0.15) is 11.5 Å². The van der Waals surface area contributed by atoms with E-state index in [-0.39, 0.29) is 47.0 Å². The van der Waals surface area contributed by atoms with Gasteiger partial charge in [-0.05, 0) is 75.3 Å². The molecule has 1 N–H and O–H groups in total. The van der Waals surface area contributed by atoms with Crippen LogP contribution in [0.15, 0.2) is 42.2 Å². The van der Waals surface area contributed by atoms with Gasteiger partial charge in [-0.1, -0.05) is 73.2 Å². The molecule has 0 heterocycles. The Labute approximate surface area is 253 Å². The van der Waals surface area contributed by atoms with Crippen LogP contribution in [0.25, 0.3) is 5.57 Å². The van der Waals surface area contributed by atoms with Gasteiger partial charge in [-0.15, -0.1) is 0 Å². The van der Waals surface area contributed by atoms with E-state index in [1.165, 1.54) is 0 Å². The fraction of sp³-hybridized carbons (Fsp3) is 0.500. The van der Waals surface area contributed by atoms with Gasteiger partial charge >= 0.3 is 5.97 Å². The SMILES string of the molecule is CCOC(=O)C1CCCCC1C(=O)Cc1c(C)cccc1Cl.Cc1cccc(Cl)c1C1=C(O)C2CCCCC2C1=O. The molecule has 5 rings (SSSR count). The number of hydrogen-bond acceptors (Lipinski definition) is 5. The van der Waals surface area contributed by atoms with Gasteiger partial charge in [0.25, 0.3) is 0 Å². The lowest BCUT2D eigenvalue weighted by Crippen LogP contribution is -2.34. The monoisotopic (exact) mass is 598 g/mol. The van der Waals surface area contributed by atoms with Crippen LogP contribution >= 0.6 is 23.2 Å². The Morgan fingerprint density at radius 1 is 0.854 bits per heavy atom. The van der Waals surface area contributed by atoms with Gasteiger partial charge in [0, 0.05) is 39.8 Å². The Bertz CT molecular complexity index is 1290. The molecule has 0 bridgehead atoms. The molecule has 2 fully saturated rings. The molecular weight excluding hydrogens is 559 g/mol. The normalized spacial score (nSPS) is 23.9. The summed E-state index contributed by atoms with van der Waals surface area (Å²) in [6.45, 7) is 6.04. The number of allylic oxidation sites excluding steroid dienone is 2. The van der Waals surface area contributed by atoms with Crippen molar-refractivity contribution >= 4 is 46.3 Å². The molecule has 0 aromatic heterocycles.